The van der Waals surface area contributed by atoms with Gasteiger partial charge in [-0.05, 0) is 24.3 Å². The van der Waals surface area contributed by atoms with Crippen LogP contribution in [0, 0.1) is 0 Å². The highest BCUT2D eigenvalue weighted by atomic mass is 16.4. The Morgan fingerprint density at radius 3 is 2.25 bits per heavy atom. The average molecular weight is 277 g/mol. The Kier molecular flexibility index (Phi) is 5.04. The molecule has 0 spiro atoms. The standard InChI is InChI=1S/C13H11NO6/c15-9-2-3-10(8(7-9)1-5-12(17)18)14-11(16)4-6-13(19)20/h1-7,15H,(H,14,16)(H,17,18)(H,19,20)/b5-1+,6-4+. The second-order valence-corrected chi connectivity index (χ2v) is 3.60. The van der Waals surface area contributed by atoms with Crippen molar-refractivity contribution in [2.75, 3.05) is 5.32 Å². The minimum atomic E-state index is -1.27. The van der Waals surface area contributed by atoms with Crippen LogP contribution in [0.25, 0.3) is 6.08 Å². The van der Waals surface area contributed by atoms with Crippen LogP contribution < -0.4 is 5.32 Å². The SMILES string of the molecule is O=C(O)/C=C/C(=O)Nc1ccc(O)cc1/C=C/C(=O)O. The summed E-state index contributed by atoms with van der Waals surface area (Å²) in [5, 5.41) is 28.6. The molecule has 0 aliphatic heterocycles. The summed E-state index contributed by atoms with van der Waals surface area (Å²) in [6, 6.07) is 3.92. The van der Waals surface area contributed by atoms with Crippen LogP contribution in [-0.4, -0.2) is 33.2 Å². The van der Waals surface area contributed by atoms with E-state index in [4.69, 9.17) is 10.2 Å². The number of carbonyl (C=O) groups excluding carboxylic acids is 1. The molecule has 1 aromatic carbocycles. The number of rotatable bonds is 5. The van der Waals surface area contributed by atoms with Crippen LogP contribution in [0.15, 0.2) is 36.4 Å². The normalized spacial score (nSPS) is 10.8. The topological polar surface area (TPSA) is 124 Å². The zero-order valence-corrected chi connectivity index (χ0v) is 10.1. The molecule has 0 saturated heterocycles. The predicted molar refractivity (Wildman–Crippen MR) is 70.2 cm³/mol. The van der Waals surface area contributed by atoms with Gasteiger partial charge in [-0.2, -0.15) is 0 Å². The number of phenolic OH excluding ortho intramolecular Hbond substituents is 1. The third kappa shape index (κ3) is 5.05. The fourth-order valence-electron chi connectivity index (χ4n) is 1.28. The molecule has 0 bridgehead atoms. The first-order valence-corrected chi connectivity index (χ1v) is 5.34. The first-order chi connectivity index (χ1) is 9.38. The number of aromatic hydroxyl groups is 1. The Morgan fingerprint density at radius 2 is 1.65 bits per heavy atom. The minimum absolute atomic E-state index is 0.103. The Balaban J connectivity index is 2.97. The van der Waals surface area contributed by atoms with E-state index < -0.39 is 17.8 Å². The fourth-order valence-corrected chi connectivity index (χ4v) is 1.28. The number of anilines is 1. The summed E-state index contributed by atoms with van der Waals surface area (Å²) in [6.07, 6.45) is 3.53. The van der Waals surface area contributed by atoms with Crippen molar-refractivity contribution in [3.8, 4) is 5.75 Å². The van der Waals surface area contributed by atoms with E-state index in [-0.39, 0.29) is 17.0 Å². The van der Waals surface area contributed by atoms with E-state index >= 15 is 0 Å². The maximum atomic E-state index is 11.4. The number of carbonyl (C=O) groups is 3. The lowest BCUT2D eigenvalue weighted by molar-refractivity contribution is -0.132. The summed E-state index contributed by atoms with van der Waals surface area (Å²) in [5.74, 6) is -3.24. The number of amides is 1. The van der Waals surface area contributed by atoms with Crippen LogP contribution in [0.2, 0.25) is 0 Å². The molecule has 0 aromatic heterocycles. The van der Waals surface area contributed by atoms with Crippen molar-refractivity contribution in [2.45, 2.75) is 0 Å². The van der Waals surface area contributed by atoms with Crippen molar-refractivity contribution < 1.29 is 29.7 Å². The van der Waals surface area contributed by atoms with Gasteiger partial charge in [-0.25, -0.2) is 9.59 Å². The van der Waals surface area contributed by atoms with E-state index in [1.165, 1.54) is 24.3 Å². The molecule has 1 aromatic rings. The molecule has 4 N–H and O–H groups in total. The smallest absolute Gasteiger partial charge is 0.328 e. The fraction of sp³-hybridized carbons (Fsp3) is 0. The Hall–Kier alpha value is -3.09. The average Bonchev–Trinajstić information content (AvgIpc) is 2.36. The number of carboxylic acid groups (broad SMARTS) is 2. The molecule has 0 unspecified atom stereocenters. The third-order valence-corrected chi connectivity index (χ3v) is 2.08. The molecular weight excluding hydrogens is 266 g/mol. The molecule has 7 heteroatoms. The van der Waals surface area contributed by atoms with Crippen molar-refractivity contribution in [3.63, 3.8) is 0 Å². The van der Waals surface area contributed by atoms with E-state index in [0.29, 0.717) is 6.08 Å². The van der Waals surface area contributed by atoms with Gasteiger partial charge in [0.25, 0.3) is 0 Å². The summed E-state index contributed by atoms with van der Waals surface area (Å²) >= 11 is 0. The molecule has 1 rings (SSSR count). The number of hydrogen-bond acceptors (Lipinski definition) is 4. The van der Waals surface area contributed by atoms with Gasteiger partial charge in [0.15, 0.2) is 0 Å². The monoisotopic (exact) mass is 277 g/mol. The van der Waals surface area contributed by atoms with E-state index in [2.05, 4.69) is 5.32 Å². The highest BCUT2D eigenvalue weighted by Gasteiger charge is 2.05. The Labute approximate surface area is 113 Å². The highest BCUT2D eigenvalue weighted by molar-refractivity contribution is 6.03. The van der Waals surface area contributed by atoms with E-state index in [1.54, 1.807) is 0 Å². The minimum Gasteiger partial charge on any atom is -0.508 e. The number of benzene rings is 1. The molecule has 0 fully saturated rings. The second kappa shape index (κ2) is 6.74. The van der Waals surface area contributed by atoms with Crippen LogP contribution in [0.4, 0.5) is 5.69 Å². The molecule has 1 amide bonds. The summed E-state index contributed by atoms with van der Waals surface area (Å²) in [6.45, 7) is 0. The Bertz CT molecular complexity index is 603. The van der Waals surface area contributed by atoms with Gasteiger partial charge in [0.2, 0.25) is 5.91 Å². The predicted octanol–water partition coefficient (Wildman–Crippen LogP) is 1.07. The lowest BCUT2D eigenvalue weighted by Crippen LogP contribution is -2.09. The van der Waals surface area contributed by atoms with Crippen LogP contribution in [0.5, 0.6) is 5.75 Å². The molecule has 20 heavy (non-hydrogen) atoms. The van der Waals surface area contributed by atoms with Gasteiger partial charge < -0.3 is 20.6 Å². The van der Waals surface area contributed by atoms with Gasteiger partial charge in [0.1, 0.15) is 5.75 Å². The largest absolute Gasteiger partial charge is 0.508 e. The number of phenols is 1. The first kappa shape index (κ1) is 15.0. The van der Waals surface area contributed by atoms with E-state index in [9.17, 15) is 19.5 Å². The lowest BCUT2D eigenvalue weighted by Gasteiger charge is -2.07. The van der Waals surface area contributed by atoms with Crippen LogP contribution in [0.1, 0.15) is 5.56 Å². The number of nitrogens with one attached hydrogen (secondary N) is 1. The molecule has 0 saturated carbocycles. The van der Waals surface area contributed by atoms with Gasteiger partial charge in [-0.15, -0.1) is 0 Å². The molecular formula is C13H11NO6. The maximum absolute atomic E-state index is 11.4. The molecule has 0 aliphatic carbocycles. The second-order valence-electron chi connectivity index (χ2n) is 3.60. The van der Waals surface area contributed by atoms with E-state index in [1.807, 2.05) is 0 Å². The van der Waals surface area contributed by atoms with Gasteiger partial charge in [0.05, 0.1) is 0 Å². The lowest BCUT2D eigenvalue weighted by atomic mass is 10.1. The molecule has 0 heterocycles. The molecule has 0 atom stereocenters. The third-order valence-electron chi connectivity index (χ3n) is 2.08. The summed E-state index contributed by atoms with van der Waals surface area (Å²) in [7, 11) is 0. The van der Waals surface area contributed by atoms with Crippen molar-refractivity contribution in [2.24, 2.45) is 0 Å². The zero-order valence-electron chi connectivity index (χ0n) is 10.1. The summed E-state index contributed by atoms with van der Waals surface area (Å²) in [5.41, 5.74) is 0.504. The summed E-state index contributed by atoms with van der Waals surface area (Å²) in [4.78, 5) is 32.2. The number of carboxylic acids is 2. The zero-order chi connectivity index (χ0) is 15.1. The first-order valence-electron chi connectivity index (χ1n) is 5.34. The van der Waals surface area contributed by atoms with Gasteiger partial charge in [0, 0.05) is 29.5 Å². The number of hydrogen-bond donors (Lipinski definition) is 4. The Morgan fingerprint density at radius 1 is 1.00 bits per heavy atom. The number of aliphatic carboxylic acids is 2. The van der Waals surface area contributed by atoms with Crippen molar-refractivity contribution in [3.05, 3.63) is 42.0 Å². The summed E-state index contributed by atoms with van der Waals surface area (Å²) < 4.78 is 0. The molecule has 0 aliphatic rings. The van der Waals surface area contributed by atoms with Gasteiger partial charge in [-0.3, -0.25) is 4.79 Å². The van der Waals surface area contributed by atoms with Gasteiger partial charge in [-0.1, -0.05) is 0 Å². The van der Waals surface area contributed by atoms with Crippen LogP contribution >= 0.6 is 0 Å². The van der Waals surface area contributed by atoms with Crippen LogP contribution in [0.3, 0.4) is 0 Å². The van der Waals surface area contributed by atoms with Crippen molar-refractivity contribution in [1.29, 1.82) is 0 Å². The highest BCUT2D eigenvalue weighted by Crippen LogP contribution is 2.22. The van der Waals surface area contributed by atoms with Crippen LogP contribution in [-0.2, 0) is 14.4 Å². The van der Waals surface area contributed by atoms with E-state index in [0.717, 1.165) is 12.2 Å². The van der Waals surface area contributed by atoms with Crippen molar-refractivity contribution >= 4 is 29.6 Å². The van der Waals surface area contributed by atoms with Crippen molar-refractivity contribution in [1.82, 2.24) is 0 Å². The van der Waals surface area contributed by atoms with Gasteiger partial charge >= 0.3 is 11.9 Å². The molecule has 104 valence electrons. The quantitative estimate of drug-likeness (QED) is 0.471. The maximum Gasteiger partial charge on any atom is 0.328 e. The molecule has 0 radical (unpaired) electrons. The molecule has 7 nitrogen and oxygen atoms in total.